The van der Waals surface area contributed by atoms with E-state index in [0.717, 1.165) is 40.5 Å². The van der Waals surface area contributed by atoms with E-state index in [4.69, 9.17) is 14.7 Å². The molecule has 10 nitrogen and oxygen atoms in total. The third-order valence-electron chi connectivity index (χ3n) is 6.02. The summed E-state index contributed by atoms with van der Waals surface area (Å²) < 4.78 is 31.7. The van der Waals surface area contributed by atoms with Crippen LogP contribution in [0.25, 0.3) is 21.6 Å². The van der Waals surface area contributed by atoms with Crippen LogP contribution in [0.1, 0.15) is 10.4 Å². The monoisotopic (exact) mass is 499 g/mol. The maximum atomic E-state index is 11.8. The standard InChI is InChI=1S/C22H25N7O3S2/c1-34(30,31)29-4-2-27(3-5-29)15-18-11-19-20(33-18)22(28-6-8-32-9-7-28)26-21(25-19)17-10-16(12-23)13-24-14-17/h10-11,13-14H,2-9,15H2,1H3. The lowest BCUT2D eigenvalue weighted by atomic mass is 10.2. The molecule has 34 heavy (non-hydrogen) atoms. The molecule has 5 heterocycles. The summed E-state index contributed by atoms with van der Waals surface area (Å²) in [7, 11) is -3.15. The van der Waals surface area contributed by atoms with Crippen molar-refractivity contribution in [3.8, 4) is 17.5 Å². The summed E-state index contributed by atoms with van der Waals surface area (Å²) in [6.45, 7) is 5.95. The van der Waals surface area contributed by atoms with Crippen molar-refractivity contribution in [3.05, 3.63) is 35.0 Å². The summed E-state index contributed by atoms with van der Waals surface area (Å²) in [6, 6.07) is 5.98. The fourth-order valence-electron chi connectivity index (χ4n) is 4.22. The van der Waals surface area contributed by atoms with E-state index in [1.807, 2.05) is 0 Å². The van der Waals surface area contributed by atoms with Crippen LogP contribution in [0.15, 0.2) is 24.5 Å². The summed E-state index contributed by atoms with van der Waals surface area (Å²) in [5.74, 6) is 1.42. The molecule has 3 aromatic rings. The molecule has 2 fully saturated rings. The number of pyridine rings is 1. The van der Waals surface area contributed by atoms with E-state index < -0.39 is 10.0 Å². The highest BCUT2D eigenvalue weighted by atomic mass is 32.2. The molecule has 3 aromatic heterocycles. The number of hydrogen-bond acceptors (Lipinski definition) is 10. The van der Waals surface area contributed by atoms with Crippen LogP contribution in [-0.2, 0) is 21.3 Å². The maximum Gasteiger partial charge on any atom is 0.211 e. The molecule has 5 rings (SSSR count). The van der Waals surface area contributed by atoms with E-state index in [0.29, 0.717) is 56.3 Å². The SMILES string of the molecule is CS(=O)(=O)N1CCN(Cc2cc3nc(-c4cncc(C#N)c4)nc(N4CCOCC4)c3s2)CC1. The first-order chi connectivity index (χ1) is 16.4. The number of piperazine rings is 1. The Kier molecular flexibility index (Phi) is 6.46. The Morgan fingerprint density at radius 1 is 1.09 bits per heavy atom. The van der Waals surface area contributed by atoms with Crippen LogP contribution in [0.4, 0.5) is 5.82 Å². The fraction of sp³-hybridized carbons (Fsp3) is 0.455. The second kappa shape index (κ2) is 9.52. The van der Waals surface area contributed by atoms with Gasteiger partial charge in [-0.05, 0) is 12.1 Å². The van der Waals surface area contributed by atoms with Gasteiger partial charge in [-0.1, -0.05) is 0 Å². The molecule has 0 atom stereocenters. The van der Waals surface area contributed by atoms with Crippen molar-refractivity contribution >= 4 is 37.4 Å². The summed E-state index contributed by atoms with van der Waals surface area (Å²) in [5.41, 5.74) is 2.04. The predicted molar refractivity (Wildman–Crippen MR) is 130 cm³/mol. The molecule has 0 aliphatic carbocycles. The normalized spacial score (nSPS) is 18.3. The second-order valence-electron chi connectivity index (χ2n) is 8.41. The second-order valence-corrected chi connectivity index (χ2v) is 11.5. The Labute approximate surface area is 202 Å². The van der Waals surface area contributed by atoms with E-state index in [2.05, 4.69) is 26.9 Å². The van der Waals surface area contributed by atoms with Crippen molar-refractivity contribution in [1.82, 2.24) is 24.2 Å². The number of fused-ring (bicyclic) bond motifs is 1. The zero-order valence-corrected chi connectivity index (χ0v) is 20.5. The van der Waals surface area contributed by atoms with Gasteiger partial charge in [0.05, 0.1) is 35.2 Å². The van der Waals surface area contributed by atoms with Crippen LogP contribution in [0.2, 0.25) is 0 Å². The van der Waals surface area contributed by atoms with Gasteiger partial charge in [0.25, 0.3) is 0 Å². The number of morpholine rings is 1. The van der Waals surface area contributed by atoms with Gasteiger partial charge in [0.1, 0.15) is 6.07 Å². The summed E-state index contributed by atoms with van der Waals surface area (Å²) in [6.07, 6.45) is 4.47. The van der Waals surface area contributed by atoms with E-state index in [9.17, 15) is 13.7 Å². The Hall–Kier alpha value is -2.69. The highest BCUT2D eigenvalue weighted by molar-refractivity contribution is 7.88. The van der Waals surface area contributed by atoms with Gasteiger partial charge in [-0.15, -0.1) is 11.3 Å². The first-order valence-corrected chi connectivity index (χ1v) is 13.7. The van der Waals surface area contributed by atoms with Gasteiger partial charge in [0, 0.05) is 68.6 Å². The minimum Gasteiger partial charge on any atom is -0.378 e. The van der Waals surface area contributed by atoms with Crippen molar-refractivity contribution in [2.24, 2.45) is 0 Å². The first kappa shape index (κ1) is 23.1. The van der Waals surface area contributed by atoms with E-state index in [-0.39, 0.29) is 0 Å². The Morgan fingerprint density at radius 3 is 2.56 bits per heavy atom. The average Bonchev–Trinajstić information content (AvgIpc) is 3.26. The molecule has 0 spiro atoms. The molecule has 0 amide bonds. The minimum atomic E-state index is -3.15. The number of ether oxygens (including phenoxy) is 1. The van der Waals surface area contributed by atoms with Gasteiger partial charge in [0.2, 0.25) is 10.0 Å². The number of rotatable bonds is 5. The van der Waals surface area contributed by atoms with Crippen molar-refractivity contribution in [3.63, 3.8) is 0 Å². The van der Waals surface area contributed by atoms with Crippen molar-refractivity contribution in [1.29, 1.82) is 5.26 Å². The lowest BCUT2D eigenvalue weighted by Crippen LogP contribution is -2.47. The lowest BCUT2D eigenvalue weighted by Gasteiger charge is -2.32. The van der Waals surface area contributed by atoms with Gasteiger partial charge in [0.15, 0.2) is 11.6 Å². The summed E-state index contributed by atoms with van der Waals surface area (Å²) in [5, 5.41) is 9.27. The molecule has 0 radical (unpaired) electrons. The van der Waals surface area contributed by atoms with Crippen LogP contribution in [0, 0.1) is 11.3 Å². The first-order valence-electron chi connectivity index (χ1n) is 11.1. The average molecular weight is 500 g/mol. The lowest BCUT2D eigenvalue weighted by molar-refractivity contribution is 0.122. The fourth-order valence-corrected chi connectivity index (χ4v) is 6.21. The molecule has 2 aliphatic heterocycles. The topological polar surface area (TPSA) is 116 Å². The zero-order chi connectivity index (χ0) is 23.7. The molecule has 0 bridgehead atoms. The molecule has 0 saturated carbocycles. The van der Waals surface area contributed by atoms with E-state index in [1.165, 1.54) is 16.8 Å². The minimum absolute atomic E-state index is 0.466. The van der Waals surface area contributed by atoms with Gasteiger partial charge < -0.3 is 9.64 Å². The van der Waals surface area contributed by atoms with Crippen LogP contribution < -0.4 is 4.90 Å². The van der Waals surface area contributed by atoms with Crippen LogP contribution in [0.5, 0.6) is 0 Å². The number of thiophene rings is 1. The van der Waals surface area contributed by atoms with Crippen LogP contribution in [-0.4, -0.2) is 91.3 Å². The zero-order valence-electron chi connectivity index (χ0n) is 18.8. The Morgan fingerprint density at radius 2 is 1.85 bits per heavy atom. The molecule has 2 aliphatic rings. The van der Waals surface area contributed by atoms with Gasteiger partial charge in [-0.25, -0.2) is 18.4 Å². The molecule has 12 heteroatoms. The number of aromatic nitrogens is 3. The van der Waals surface area contributed by atoms with E-state index in [1.54, 1.807) is 23.6 Å². The predicted octanol–water partition coefficient (Wildman–Crippen LogP) is 1.54. The molecule has 0 unspecified atom stereocenters. The molecular weight excluding hydrogens is 474 g/mol. The number of anilines is 1. The highest BCUT2D eigenvalue weighted by Crippen LogP contribution is 2.35. The van der Waals surface area contributed by atoms with Crippen molar-refractivity contribution in [2.75, 3.05) is 63.6 Å². The third-order valence-corrected chi connectivity index (χ3v) is 8.43. The molecule has 2 saturated heterocycles. The van der Waals surface area contributed by atoms with Crippen molar-refractivity contribution < 1.29 is 13.2 Å². The summed E-state index contributed by atoms with van der Waals surface area (Å²) in [4.78, 5) is 19.6. The maximum absolute atomic E-state index is 11.8. The molecule has 0 N–H and O–H groups in total. The quantitative estimate of drug-likeness (QED) is 0.515. The summed E-state index contributed by atoms with van der Waals surface area (Å²) >= 11 is 1.68. The van der Waals surface area contributed by atoms with Crippen molar-refractivity contribution in [2.45, 2.75) is 6.54 Å². The van der Waals surface area contributed by atoms with Gasteiger partial charge in [-0.3, -0.25) is 9.88 Å². The highest BCUT2D eigenvalue weighted by Gasteiger charge is 2.25. The third kappa shape index (κ3) is 4.89. The van der Waals surface area contributed by atoms with Crippen LogP contribution in [0.3, 0.4) is 0 Å². The smallest absolute Gasteiger partial charge is 0.211 e. The number of sulfonamides is 1. The molecule has 178 valence electrons. The van der Waals surface area contributed by atoms with E-state index >= 15 is 0 Å². The molecular formula is C22H25N7O3S2. The van der Waals surface area contributed by atoms with Gasteiger partial charge in [-0.2, -0.15) is 9.57 Å². The molecule has 0 aromatic carbocycles. The Bertz CT molecular complexity index is 1340. The number of hydrogen-bond donors (Lipinski definition) is 0. The van der Waals surface area contributed by atoms with Gasteiger partial charge >= 0.3 is 0 Å². The largest absolute Gasteiger partial charge is 0.378 e. The Balaban J connectivity index is 1.47. The van der Waals surface area contributed by atoms with Crippen LogP contribution >= 0.6 is 11.3 Å². The number of nitrogens with zero attached hydrogens (tertiary/aromatic N) is 7. The number of nitriles is 1.